The van der Waals surface area contributed by atoms with Crippen LogP contribution in [0.15, 0.2) is 5.16 Å². The van der Waals surface area contributed by atoms with Crippen LogP contribution < -0.4 is 11.1 Å². The summed E-state index contributed by atoms with van der Waals surface area (Å²) in [6.07, 6.45) is 2.53. The zero-order valence-electron chi connectivity index (χ0n) is 10.3. The highest BCUT2D eigenvalue weighted by Gasteiger charge is 2.16. The van der Waals surface area contributed by atoms with Crippen LogP contribution in [0.5, 0.6) is 0 Å². The number of nitrogens with one attached hydrogen (secondary N) is 1. The number of oxime groups is 1. The van der Waals surface area contributed by atoms with Crippen LogP contribution in [0.4, 0.5) is 0 Å². The Bertz CT molecular complexity index is 224. The van der Waals surface area contributed by atoms with Crippen LogP contribution >= 0.6 is 0 Å². The molecule has 1 fully saturated rings. The van der Waals surface area contributed by atoms with Gasteiger partial charge in [0.15, 0.2) is 0 Å². The van der Waals surface area contributed by atoms with Crippen molar-refractivity contribution in [2.45, 2.75) is 19.8 Å². The summed E-state index contributed by atoms with van der Waals surface area (Å²) >= 11 is 0. The predicted molar refractivity (Wildman–Crippen MR) is 65.7 cm³/mol. The Balaban J connectivity index is 2.11. The minimum Gasteiger partial charge on any atom is -0.409 e. The molecule has 5 nitrogen and oxygen atoms in total. The van der Waals surface area contributed by atoms with Gasteiger partial charge in [-0.3, -0.25) is 0 Å². The second-order valence-corrected chi connectivity index (χ2v) is 4.83. The molecule has 94 valence electrons. The summed E-state index contributed by atoms with van der Waals surface area (Å²) in [6, 6.07) is 0. The number of hydrogen-bond donors (Lipinski definition) is 3. The Labute approximate surface area is 97.7 Å². The zero-order valence-corrected chi connectivity index (χ0v) is 10.3. The number of hydrogen-bond acceptors (Lipinski definition) is 4. The second kappa shape index (κ2) is 6.70. The van der Waals surface area contributed by atoms with Crippen molar-refractivity contribution < 1.29 is 5.21 Å². The molecule has 0 saturated carbocycles. The summed E-state index contributed by atoms with van der Waals surface area (Å²) in [4.78, 5) is 2.37. The molecule has 0 spiro atoms. The van der Waals surface area contributed by atoms with Crippen molar-refractivity contribution in [3.8, 4) is 0 Å². The van der Waals surface area contributed by atoms with Crippen molar-refractivity contribution in [2.75, 3.05) is 33.2 Å². The van der Waals surface area contributed by atoms with Gasteiger partial charge in [0, 0.05) is 12.5 Å². The van der Waals surface area contributed by atoms with Gasteiger partial charge < -0.3 is 21.2 Å². The molecule has 1 rings (SSSR count). The first-order valence-electron chi connectivity index (χ1n) is 6.00. The maximum absolute atomic E-state index is 8.51. The van der Waals surface area contributed by atoms with Crippen molar-refractivity contribution in [2.24, 2.45) is 22.7 Å². The van der Waals surface area contributed by atoms with Crippen LogP contribution in [0.25, 0.3) is 0 Å². The van der Waals surface area contributed by atoms with Crippen molar-refractivity contribution in [1.29, 1.82) is 0 Å². The molecule has 16 heavy (non-hydrogen) atoms. The summed E-state index contributed by atoms with van der Waals surface area (Å²) in [5, 5.41) is 14.9. The minimum absolute atomic E-state index is 0.0938. The third kappa shape index (κ3) is 4.37. The number of amidine groups is 1. The largest absolute Gasteiger partial charge is 0.409 e. The molecule has 1 saturated heterocycles. The second-order valence-electron chi connectivity index (χ2n) is 4.83. The standard InChI is InChI=1S/C11H24N4O/c1-9(11(12)14-16)7-13-8-10-3-5-15(2)6-4-10/h9-10,13,16H,3-8H2,1-2H3,(H2,12,14). The van der Waals surface area contributed by atoms with Crippen molar-refractivity contribution >= 4 is 5.84 Å². The zero-order chi connectivity index (χ0) is 12.0. The fraction of sp³-hybridized carbons (Fsp3) is 0.909. The summed E-state index contributed by atoms with van der Waals surface area (Å²) in [5.74, 6) is 1.17. The minimum atomic E-state index is 0.0938. The van der Waals surface area contributed by atoms with Gasteiger partial charge in [-0.15, -0.1) is 0 Å². The molecule has 1 atom stereocenters. The van der Waals surface area contributed by atoms with Crippen LogP contribution in [0, 0.1) is 11.8 Å². The summed E-state index contributed by atoms with van der Waals surface area (Å²) < 4.78 is 0. The van der Waals surface area contributed by atoms with Gasteiger partial charge in [0.05, 0.1) is 0 Å². The SMILES string of the molecule is CC(CNCC1CCN(C)CC1)C(N)=NO. The van der Waals surface area contributed by atoms with Crippen LogP contribution in [0.1, 0.15) is 19.8 Å². The van der Waals surface area contributed by atoms with E-state index < -0.39 is 0 Å². The molecule has 4 N–H and O–H groups in total. The lowest BCUT2D eigenvalue weighted by atomic mass is 9.97. The molecule has 0 bridgehead atoms. The fourth-order valence-electron chi connectivity index (χ4n) is 1.97. The molecule has 1 heterocycles. The molecule has 1 unspecified atom stereocenters. The van der Waals surface area contributed by atoms with Gasteiger partial charge >= 0.3 is 0 Å². The van der Waals surface area contributed by atoms with Gasteiger partial charge in [0.1, 0.15) is 5.84 Å². The average molecular weight is 228 g/mol. The van der Waals surface area contributed by atoms with Gasteiger partial charge in [0.25, 0.3) is 0 Å². The van der Waals surface area contributed by atoms with Crippen LogP contribution in [-0.2, 0) is 0 Å². The molecule has 0 aromatic carbocycles. The normalized spacial score (nSPS) is 22.2. The van der Waals surface area contributed by atoms with E-state index in [-0.39, 0.29) is 5.92 Å². The number of piperidine rings is 1. The van der Waals surface area contributed by atoms with Gasteiger partial charge in [-0.1, -0.05) is 12.1 Å². The molecule has 1 aliphatic rings. The van der Waals surface area contributed by atoms with E-state index in [4.69, 9.17) is 10.9 Å². The molecule has 1 aliphatic heterocycles. The average Bonchev–Trinajstić information content (AvgIpc) is 2.30. The maximum atomic E-state index is 8.51. The Kier molecular flexibility index (Phi) is 5.55. The first-order chi connectivity index (χ1) is 7.63. The first kappa shape index (κ1) is 13.3. The van der Waals surface area contributed by atoms with Crippen molar-refractivity contribution in [3.63, 3.8) is 0 Å². The lowest BCUT2D eigenvalue weighted by molar-refractivity contribution is 0.215. The molecule has 0 radical (unpaired) electrons. The Morgan fingerprint density at radius 2 is 2.19 bits per heavy atom. The van der Waals surface area contributed by atoms with Gasteiger partial charge in [-0.25, -0.2) is 0 Å². The van der Waals surface area contributed by atoms with Crippen LogP contribution in [0.3, 0.4) is 0 Å². The van der Waals surface area contributed by atoms with Gasteiger partial charge in [-0.05, 0) is 45.4 Å². The molecular weight excluding hydrogens is 204 g/mol. The van der Waals surface area contributed by atoms with Gasteiger partial charge in [0.2, 0.25) is 0 Å². The number of nitrogens with zero attached hydrogens (tertiary/aromatic N) is 2. The lowest BCUT2D eigenvalue weighted by Crippen LogP contribution is -2.37. The number of rotatable bonds is 5. The lowest BCUT2D eigenvalue weighted by Gasteiger charge is -2.29. The summed E-state index contributed by atoms with van der Waals surface area (Å²) in [7, 11) is 2.17. The smallest absolute Gasteiger partial charge is 0.143 e. The summed E-state index contributed by atoms with van der Waals surface area (Å²) in [6.45, 7) is 6.17. The third-order valence-electron chi connectivity index (χ3n) is 3.34. The highest BCUT2D eigenvalue weighted by Crippen LogP contribution is 2.14. The van der Waals surface area contributed by atoms with E-state index in [9.17, 15) is 0 Å². The van der Waals surface area contributed by atoms with Crippen LogP contribution in [0.2, 0.25) is 0 Å². The molecule has 0 aliphatic carbocycles. The number of likely N-dealkylation sites (tertiary alicyclic amines) is 1. The highest BCUT2D eigenvalue weighted by atomic mass is 16.4. The highest BCUT2D eigenvalue weighted by molar-refractivity contribution is 5.82. The van der Waals surface area contributed by atoms with E-state index in [1.165, 1.54) is 25.9 Å². The monoisotopic (exact) mass is 228 g/mol. The third-order valence-corrected chi connectivity index (χ3v) is 3.34. The number of nitrogens with two attached hydrogens (primary N) is 1. The molecule has 0 aromatic heterocycles. The quantitative estimate of drug-likeness (QED) is 0.274. The van der Waals surface area contributed by atoms with E-state index in [0.717, 1.165) is 19.0 Å². The molecule has 5 heteroatoms. The van der Waals surface area contributed by atoms with E-state index in [1.54, 1.807) is 0 Å². The Morgan fingerprint density at radius 3 is 2.75 bits per heavy atom. The van der Waals surface area contributed by atoms with Crippen molar-refractivity contribution in [1.82, 2.24) is 10.2 Å². The van der Waals surface area contributed by atoms with Gasteiger partial charge in [-0.2, -0.15) is 0 Å². The van der Waals surface area contributed by atoms with E-state index in [2.05, 4.69) is 22.4 Å². The van der Waals surface area contributed by atoms with E-state index >= 15 is 0 Å². The molecule has 0 aromatic rings. The van der Waals surface area contributed by atoms with Crippen LogP contribution in [-0.4, -0.2) is 49.2 Å². The molecule has 0 amide bonds. The fourth-order valence-corrected chi connectivity index (χ4v) is 1.97. The Morgan fingerprint density at radius 1 is 1.56 bits per heavy atom. The molecular formula is C11H24N4O. The van der Waals surface area contributed by atoms with E-state index in [0.29, 0.717) is 5.84 Å². The first-order valence-corrected chi connectivity index (χ1v) is 6.00. The summed E-state index contributed by atoms with van der Waals surface area (Å²) in [5.41, 5.74) is 5.51. The van der Waals surface area contributed by atoms with Crippen molar-refractivity contribution in [3.05, 3.63) is 0 Å². The topological polar surface area (TPSA) is 73.9 Å². The van der Waals surface area contributed by atoms with E-state index in [1.807, 2.05) is 6.92 Å². The Hall–Kier alpha value is -0.810. The predicted octanol–water partition coefficient (Wildman–Crippen LogP) is 0.300. The maximum Gasteiger partial charge on any atom is 0.143 e.